The van der Waals surface area contributed by atoms with Crippen molar-refractivity contribution in [1.82, 2.24) is 20.6 Å². The number of carboxylic acids is 2. The first kappa shape index (κ1) is 43.7. The highest BCUT2D eigenvalue weighted by molar-refractivity contribution is 5.89. The molecule has 6 aromatic rings. The Labute approximate surface area is 365 Å². The molecule has 4 N–H and O–H groups in total. The molecular formula is C52H58N6O4. The van der Waals surface area contributed by atoms with E-state index in [9.17, 15) is 19.8 Å². The smallest absolute Gasteiger partial charge is 0.336 e. The van der Waals surface area contributed by atoms with Crippen LogP contribution in [0.1, 0.15) is 104 Å². The average molecular weight is 831 g/mol. The third-order valence-electron chi connectivity index (χ3n) is 12.5. The van der Waals surface area contributed by atoms with E-state index in [0.29, 0.717) is 24.0 Å². The van der Waals surface area contributed by atoms with Crippen molar-refractivity contribution in [3.05, 3.63) is 177 Å². The molecular weight excluding hydrogens is 773 g/mol. The molecule has 0 aliphatic carbocycles. The molecule has 0 spiro atoms. The first-order valence-electron chi connectivity index (χ1n) is 21.8. The predicted octanol–water partition coefficient (Wildman–Crippen LogP) is 9.86. The molecule has 2 atom stereocenters. The summed E-state index contributed by atoms with van der Waals surface area (Å²) in [5, 5.41) is 26.0. The molecule has 4 heterocycles. The van der Waals surface area contributed by atoms with E-state index in [1.807, 2.05) is 0 Å². The highest BCUT2D eigenvalue weighted by Gasteiger charge is 2.23. The zero-order valence-electron chi connectivity index (χ0n) is 36.3. The van der Waals surface area contributed by atoms with Crippen LogP contribution in [0.3, 0.4) is 0 Å². The SMILES string of the molecule is CCc1ccc(N(C)c2ccc3c(c2)CCN[C@@H]3CCc2cnccc2C(=O)O)cc1.CCc1ccc(N(C)c2ccc3c(c2)CCN[C@H]3CCc2cnccc2C(=O)O)cc1. The number of benzene rings is 4. The molecule has 10 nitrogen and oxygen atoms in total. The van der Waals surface area contributed by atoms with Crippen LogP contribution in [0.25, 0.3) is 0 Å². The summed E-state index contributed by atoms with van der Waals surface area (Å²) in [4.78, 5) is 35.6. The molecule has 10 heteroatoms. The number of aromatic carboxylic acids is 2. The molecule has 320 valence electrons. The molecule has 0 radical (unpaired) electrons. The summed E-state index contributed by atoms with van der Waals surface area (Å²) in [6, 6.07) is 34.4. The van der Waals surface area contributed by atoms with E-state index in [0.717, 1.165) is 62.7 Å². The van der Waals surface area contributed by atoms with Crippen molar-refractivity contribution in [1.29, 1.82) is 0 Å². The van der Waals surface area contributed by atoms with Crippen LogP contribution in [0.2, 0.25) is 0 Å². The lowest BCUT2D eigenvalue weighted by Crippen LogP contribution is -2.30. The van der Waals surface area contributed by atoms with Gasteiger partial charge in [0.1, 0.15) is 0 Å². The molecule has 0 saturated carbocycles. The summed E-state index contributed by atoms with van der Waals surface area (Å²) in [6.07, 6.45) is 13.5. The zero-order chi connectivity index (χ0) is 43.6. The number of nitrogens with one attached hydrogen (secondary N) is 2. The number of hydrogen-bond acceptors (Lipinski definition) is 8. The second kappa shape index (κ2) is 20.5. The fourth-order valence-electron chi connectivity index (χ4n) is 8.69. The Kier molecular flexibility index (Phi) is 14.4. The number of carboxylic acid groups (broad SMARTS) is 2. The summed E-state index contributed by atoms with van der Waals surface area (Å²) in [7, 11) is 4.22. The van der Waals surface area contributed by atoms with E-state index in [-0.39, 0.29) is 12.1 Å². The van der Waals surface area contributed by atoms with Gasteiger partial charge in [-0.05, 0) is 170 Å². The van der Waals surface area contributed by atoms with Crippen LogP contribution in [0.15, 0.2) is 122 Å². The molecule has 0 saturated heterocycles. The van der Waals surface area contributed by atoms with E-state index >= 15 is 0 Å². The molecule has 8 rings (SSSR count). The maximum absolute atomic E-state index is 11.5. The second-order valence-corrected chi connectivity index (χ2v) is 16.2. The van der Waals surface area contributed by atoms with Gasteiger partial charge in [0.15, 0.2) is 0 Å². The minimum atomic E-state index is -0.894. The number of pyridine rings is 2. The summed E-state index contributed by atoms with van der Waals surface area (Å²) >= 11 is 0. The molecule has 0 unspecified atom stereocenters. The lowest BCUT2D eigenvalue weighted by Gasteiger charge is -2.29. The maximum atomic E-state index is 11.5. The van der Waals surface area contributed by atoms with E-state index < -0.39 is 11.9 Å². The molecule has 4 aromatic carbocycles. The van der Waals surface area contributed by atoms with Crippen LogP contribution in [0.4, 0.5) is 22.7 Å². The minimum Gasteiger partial charge on any atom is -0.478 e. The highest BCUT2D eigenvalue weighted by Crippen LogP contribution is 2.34. The van der Waals surface area contributed by atoms with Gasteiger partial charge in [-0.1, -0.05) is 50.2 Å². The van der Waals surface area contributed by atoms with Gasteiger partial charge in [0.2, 0.25) is 0 Å². The lowest BCUT2D eigenvalue weighted by atomic mass is 9.89. The van der Waals surface area contributed by atoms with E-state index in [1.165, 1.54) is 68.5 Å². The van der Waals surface area contributed by atoms with Crippen LogP contribution in [-0.2, 0) is 38.5 Å². The van der Waals surface area contributed by atoms with Gasteiger partial charge in [0.05, 0.1) is 11.1 Å². The zero-order valence-corrected chi connectivity index (χ0v) is 36.3. The predicted molar refractivity (Wildman–Crippen MR) is 249 cm³/mol. The summed E-state index contributed by atoms with van der Waals surface area (Å²) in [5.41, 5.74) is 15.0. The van der Waals surface area contributed by atoms with Crippen LogP contribution in [0.5, 0.6) is 0 Å². The van der Waals surface area contributed by atoms with Gasteiger partial charge in [-0.15, -0.1) is 0 Å². The van der Waals surface area contributed by atoms with Gasteiger partial charge in [-0.3, -0.25) is 9.97 Å². The fraction of sp³-hybridized carbons (Fsp3) is 0.308. The van der Waals surface area contributed by atoms with E-state index in [2.05, 4.69) is 143 Å². The van der Waals surface area contributed by atoms with E-state index in [1.54, 1.807) is 24.5 Å². The number of aryl methyl sites for hydroxylation is 4. The van der Waals surface area contributed by atoms with Gasteiger partial charge in [-0.25, -0.2) is 9.59 Å². The second-order valence-electron chi connectivity index (χ2n) is 16.2. The average Bonchev–Trinajstić information content (AvgIpc) is 3.32. The van der Waals surface area contributed by atoms with Gasteiger partial charge < -0.3 is 30.6 Å². The molecule has 0 fully saturated rings. The molecule has 0 amide bonds. The largest absolute Gasteiger partial charge is 0.478 e. The topological polar surface area (TPSA) is 131 Å². The van der Waals surface area contributed by atoms with Crippen molar-refractivity contribution < 1.29 is 19.8 Å². The first-order valence-corrected chi connectivity index (χ1v) is 21.8. The van der Waals surface area contributed by atoms with Gasteiger partial charge in [0, 0.05) is 73.7 Å². The van der Waals surface area contributed by atoms with Crippen LogP contribution in [-0.4, -0.2) is 59.3 Å². The van der Waals surface area contributed by atoms with Crippen LogP contribution < -0.4 is 20.4 Å². The van der Waals surface area contributed by atoms with Crippen molar-refractivity contribution in [3.8, 4) is 0 Å². The third kappa shape index (κ3) is 10.4. The summed E-state index contributed by atoms with van der Waals surface area (Å²) < 4.78 is 0. The Morgan fingerprint density at radius 2 is 0.968 bits per heavy atom. The van der Waals surface area contributed by atoms with Crippen molar-refractivity contribution in [2.24, 2.45) is 0 Å². The summed E-state index contributed by atoms with van der Waals surface area (Å²) in [6.45, 7) is 6.19. The molecule has 62 heavy (non-hydrogen) atoms. The summed E-state index contributed by atoms with van der Waals surface area (Å²) in [5.74, 6) is -1.79. The number of carbonyl (C=O) groups is 2. The molecule has 2 aliphatic heterocycles. The highest BCUT2D eigenvalue weighted by atomic mass is 16.4. The quantitative estimate of drug-likeness (QED) is 0.0842. The standard InChI is InChI=1S/2C26H29N3O2/c2*1-3-18-4-7-21(8-5-18)29(2)22-9-10-23-19(16-22)12-15-28-25(23)11-6-20-17-27-14-13-24(20)26(30)31/h2*4-5,7-10,13-14,16-17,25,28H,3,6,11-12,15H2,1-2H3,(H,30,31)/t2*25-/m10/s1. The van der Waals surface area contributed by atoms with Crippen molar-refractivity contribution in [3.63, 3.8) is 0 Å². The fourth-order valence-corrected chi connectivity index (χ4v) is 8.69. The van der Waals surface area contributed by atoms with Crippen molar-refractivity contribution >= 4 is 34.7 Å². The van der Waals surface area contributed by atoms with Gasteiger partial charge in [0.25, 0.3) is 0 Å². The Morgan fingerprint density at radius 3 is 1.34 bits per heavy atom. The Balaban J connectivity index is 0.000000186. The number of rotatable bonds is 14. The van der Waals surface area contributed by atoms with Crippen LogP contribution in [0, 0.1) is 0 Å². The lowest BCUT2D eigenvalue weighted by molar-refractivity contribution is 0.0684. The number of aromatic nitrogens is 2. The number of anilines is 4. The van der Waals surface area contributed by atoms with Crippen molar-refractivity contribution in [2.45, 2.75) is 77.3 Å². The third-order valence-corrected chi connectivity index (χ3v) is 12.5. The molecule has 2 aromatic heterocycles. The molecule has 2 aliphatic rings. The Morgan fingerprint density at radius 1 is 0.581 bits per heavy atom. The number of nitrogens with zero attached hydrogens (tertiary/aromatic N) is 4. The monoisotopic (exact) mass is 830 g/mol. The van der Waals surface area contributed by atoms with Crippen molar-refractivity contribution in [2.75, 3.05) is 37.0 Å². The van der Waals surface area contributed by atoms with Gasteiger partial charge >= 0.3 is 11.9 Å². The minimum absolute atomic E-state index is 0.216. The first-order chi connectivity index (χ1) is 30.1. The number of fused-ring (bicyclic) bond motifs is 2. The maximum Gasteiger partial charge on any atom is 0.336 e. The van der Waals surface area contributed by atoms with Crippen LogP contribution >= 0.6 is 0 Å². The normalized spacial score (nSPS) is 15.4. The van der Waals surface area contributed by atoms with Gasteiger partial charge in [-0.2, -0.15) is 0 Å². The Bertz CT molecular complexity index is 2300. The Hall–Kier alpha value is -6.36. The van der Waals surface area contributed by atoms with E-state index in [4.69, 9.17) is 0 Å². The number of hydrogen-bond donors (Lipinski definition) is 4. The molecule has 0 bridgehead atoms.